The van der Waals surface area contributed by atoms with Crippen molar-refractivity contribution in [3.63, 3.8) is 0 Å². The van der Waals surface area contributed by atoms with Crippen LogP contribution in [0.25, 0.3) is 5.57 Å². The van der Waals surface area contributed by atoms with Crippen LogP contribution in [-0.2, 0) is 5.41 Å². The summed E-state index contributed by atoms with van der Waals surface area (Å²) in [4.78, 5) is 0. The van der Waals surface area contributed by atoms with Crippen LogP contribution >= 0.6 is 0 Å². The summed E-state index contributed by atoms with van der Waals surface area (Å²) in [5, 5.41) is 29.6. The van der Waals surface area contributed by atoms with E-state index < -0.39 is 11.7 Å². The monoisotopic (exact) mass is 482 g/mol. The summed E-state index contributed by atoms with van der Waals surface area (Å²) >= 11 is 0. The average molecular weight is 483 g/mol. The predicted octanol–water partition coefficient (Wildman–Crippen LogP) is 6.49. The van der Waals surface area contributed by atoms with Crippen molar-refractivity contribution in [3.8, 4) is 5.75 Å². The van der Waals surface area contributed by atoms with E-state index >= 15 is 0 Å². The molecule has 0 aliphatic heterocycles. The molecule has 3 N–H and O–H groups in total. The van der Waals surface area contributed by atoms with Crippen molar-refractivity contribution in [2.45, 2.75) is 97.7 Å². The van der Waals surface area contributed by atoms with Crippen molar-refractivity contribution >= 4 is 5.57 Å². The first-order valence-electron chi connectivity index (χ1n) is 13.2. The Balaban J connectivity index is 2.49. The number of rotatable bonds is 13. The Morgan fingerprint density at radius 3 is 1.91 bits per heavy atom. The van der Waals surface area contributed by atoms with Gasteiger partial charge in [-0.3, -0.25) is 0 Å². The van der Waals surface area contributed by atoms with Crippen molar-refractivity contribution in [1.82, 2.24) is 0 Å². The molecule has 0 aromatic heterocycles. The third-order valence-electron chi connectivity index (χ3n) is 7.75. The van der Waals surface area contributed by atoms with Gasteiger partial charge in [-0.1, -0.05) is 65.0 Å². The molecule has 0 spiro atoms. The van der Waals surface area contributed by atoms with Gasteiger partial charge in [0.25, 0.3) is 0 Å². The first-order chi connectivity index (χ1) is 16.6. The number of allylic oxidation sites excluding steroid dienone is 1. The molecule has 2 aromatic rings. The number of aliphatic hydroxyl groups is 3. The second kappa shape index (κ2) is 12.7. The maximum atomic E-state index is 10.9. The highest BCUT2D eigenvalue weighted by atomic mass is 16.5. The van der Waals surface area contributed by atoms with Gasteiger partial charge in [0.15, 0.2) is 0 Å². The van der Waals surface area contributed by atoms with E-state index in [1.165, 1.54) is 27.8 Å². The number of aryl methyl sites for hydroxylation is 2. The summed E-state index contributed by atoms with van der Waals surface area (Å²) in [5.74, 6) is 0.728. The van der Waals surface area contributed by atoms with Gasteiger partial charge in [-0.25, -0.2) is 0 Å². The molecule has 0 heterocycles. The van der Waals surface area contributed by atoms with Crippen LogP contribution in [0, 0.1) is 13.8 Å². The van der Waals surface area contributed by atoms with Crippen molar-refractivity contribution in [3.05, 3.63) is 70.3 Å². The zero-order chi connectivity index (χ0) is 26.2. The van der Waals surface area contributed by atoms with E-state index in [9.17, 15) is 10.2 Å². The van der Waals surface area contributed by atoms with E-state index in [0.29, 0.717) is 12.8 Å². The van der Waals surface area contributed by atoms with E-state index in [0.717, 1.165) is 30.6 Å². The molecule has 35 heavy (non-hydrogen) atoms. The normalized spacial score (nSPS) is 13.7. The lowest BCUT2D eigenvalue weighted by atomic mass is 9.69. The van der Waals surface area contributed by atoms with Gasteiger partial charge in [0.05, 0.1) is 12.2 Å². The molecule has 1 atom stereocenters. The molecule has 0 unspecified atom stereocenters. The Bertz CT molecular complexity index is 983. The number of ether oxygens (including phenoxy) is 1. The lowest BCUT2D eigenvalue weighted by molar-refractivity contribution is 0.0534. The molecular formula is C31H46O4. The molecule has 4 nitrogen and oxygen atoms in total. The number of hydrogen-bond donors (Lipinski definition) is 3. The van der Waals surface area contributed by atoms with Gasteiger partial charge < -0.3 is 20.1 Å². The molecule has 0 fully saturated rings. The Morgan fingerprint density at radius 2 is 1.46 bits per heavy atom. The second-order valence-corrected chi connectivity index (χ2v) is 9.78. The fraction of sp³-hybridized carbons (Fsp3) is 0.548. The van der Waals surface area contributed by atoms with Crippen LogP contribution in [0.15, 0.2) is 42.5 Å². The van der Waals surface area contributed by atoms with Crippen molar-refractivity contribution in [1.29, 1.82) is 0 Å². The Kier molecular flexibility index (Phi) is 10.6. The van der Waals surface area contributed by atoms with Crippen LogP contribution in [-0.4, -0.2) is 40.2 Å². The molecule has 0 radical (unpaired) electrons. The van der Waals surface area contributed by atoms with Gasteiger partial charge in [-0.2, -0.15) is 0 Å². The predicted molar refractivity (Wildman–Crippen MR) is 146 cm³/mol. The molecule has 0 saturated carbocycles. The smallest absolute Gasteiger partial charge is 0.122 e. The number of aliphatic hydroxyl groups excluding tert-OH is 2. The van der Waals surface area contributed by atoms with E-state index in [2.05, 4.69) is 64.1 Å². The molecule has 2 rings (SSSR count). The van der Waals surface area contributed by atoms with Gasteiger partial charge in [-0.05, 0) is 91.5 Å². The average Bonchev–Trinajstić information content (AvgIpc) is 2.87. The first kappa shape index (κ1) is 29.1. The molecule has 0 aliphatic rings. The number of hydrogen-bond acceptors (Lipinski definition) is 4. The second-order valence-electron chi connectivity index (χ2n) is 9.78. The first-order valence-corrected chi connectivity index (χ1v) is 13.2. The van der Waals surface area contributed by atoms with Crippen molar-refractivity contribution < 1.29 is 20.1 Å². The summed E-state index contributed by atoms with van der Waals surface area (Å²) in [6.45, 7) is 14.7. The minimum atomic E-state index is -0.881. The minimum Gasteiger partial charge on any atom is -0.491 e. The standard InChI is InChI=1S/C31H46O4/c1-8-24(19-30(34,9-2)10-3)28-15-13-25(17-22(28)6)31(11-4,12-5)26-14-16-29(23(7)18-26)35-21-27(33)20-32/h13-19,27,32-34H,8-12,20-21H2,1-7H3/t27-/m0/s1. The summed E-state index contributed by atoms with van der Waals surface area (Å²) in [7, 11) is 0. The lowest BCUT2D eigenvalue weighted by Gasteiger charge is -2.34. The number of benzene rings is 2. The Labute approximate surface area is 212 Å². The zero-order valence-corrected chi connectivity index (χ0v) is 22.8. The highest BCUT2D eigenvalue weighted by Gasteiger charge is 2.32. The largest absolute Gasteiger partial charge is 0.491 e. The lowest BCUT2D eigenvalue weighted by Crippen LogP contribution is -2.27. The van der Waals surface area contributed by atoms with Crippen LogP contribution in [0.3, 0.4) is 0 Å². The van der Waals surface area contributed by atoms with Gasteiger partial charge in [0.2, 0.25) is 0 Å². The van der Waals surface area contributed by atoms with E-state index in [-0.39, 0.29) is 18.6 Å². The molecule has 0 amide bonds. The van der Waals surface area contributed by atoms with Crippen molar-refractivity contribution in [2.75, 3.05) is 13.2 Å². The third-order valence-corrected chi connectivity index (χ3v) is 7.75. The van der Waals surface area contributed by atoms with Gasteiger partial charge in [0, 0.05) is 5.41 Å². The molecule has 4 heteroatoms. The summed E-state index contributed by atoms with van der Waals surface area (Å²) in [6, 6.07) is 13.1. The molecule has 0 bridgehead atoms. The van der Waals surface area contributed by atoms with E-state index in [1.54, 1.807) is 0 Å². The molecular weight excluding hydrogens is 436 g/mol. The summed E-state index contributed by atoms with van der Waals surface area (Å²) < 4.78 is 5.73. The topological polar surface area (TPSA) is 69.9 Å². The minimum absolute atomic E-state index is 0.0719. The molecule has 0 aliphatic carbocycles. The Morgan fingerprint density at radius 1 is 0.886 bits per heavy atom. The third kappa shape index (κ3) is 6.55. The van der Waals surface area contributed by atoms with E-state index in [1.807, 2.05) is 26.8 Å². The summed E-state index contributed by atoms with van der Waals surface area (Å²) in [5.41, 5.74) is 6.31. The van der Waals surface area contributed by atoms with E-state index in [4.69, 9.17) is 9.84 Å². The summed E-state index contributed by atoms with van der Waals surface area (Å²) in [6.07, 6.45) is 5.40. The maximum Gasteiger partial charge on any atom is 0.122 e. The van der Waals surface area contributed by atoms with Gasteiger partial charge in [0.1, 0.15) is 18.5 Å². The maximum absolute atomic E-state index is 10.9. The van der Waals surface area contributed by atoms with Gasteiger partial charge in [-0.15, -0.1) is 0 Å². The van der Waals surface area contributed by atoms with Crippen LogP contribution in [0.1, 0.15) is 94.5 Å². The highest BCUT2D eigenvalue weighted by Crippen LogP contribution is 2.41. The van der Waals surface area contributed by atoms with Crippen LogP contribution in [0.5, 0.6) is 5.75 Å². The van der Waals surface area contributed by atoms with Crippen LogP contribution in [0.2, 0.25) is 0 Å². The Hall–Kier alpha value is -2.14. The SMILES string of the molecule is CCC(=CC(O)(CC)CC)c1ccc(C(CC)(CC)c2ccc(OC[C@@H](O)CO)c(C)c2)cc1C. The fourth-order valence-corrected chi connectivity index (χ4v) is 5.05. The van der Waals surface area contributed by atoms with Crippen LogP contribution < -0.4 is 4.74 Å². The fourth-order valence-electron chi connectivity index (χ4n) is 5.05. The highest BCUT2D eigenvalue weighted by molar-refractivity contribution is 5.69. The molecule has 0 saturated heterocycles. The van der Waals surface area contributed by atoms with Gasteiger partial charge >= 0.3 is 0 Å². The quantitative estimate of drug-likeness (QED) is 0.305. The zero-order valence-electron chi connectivity index (χ0n) is 22.8. The molecule has 2 aromatic carbocycles. The van der Waals surface area contributed by atoms with Crippen LogP contribution in [0.4, 0.5) is 0 Å². The van der Waals surface area contributed by atoms with Crippen molar-refractivity contribution in [2.24, 2.45) is 0 Å². The molecule has 194 valence electrons.